The molecule has 0 aliphatic rings. The van der Waals surface area contributed by atoms with Gasteiger partial charge in [0.05, 0.1) is 5.69 Å². The third-order valence-electron chi connectivity index (χ3n) is 2.50. The molecule has 1 aromatic carbocycles. The fourth-order valence-electron chi connectivity index (χ4n) is 1.60. The minimum absolute atomic E-state index is 0.0566. The molecule has 0 amide bonds. The lowest BCUT2D eigenvalue weighted by Crippen LogP contribution is -2.08. The predicted octanol–water partition coefficient (Wildman–Crippen LogP) is 2.39. The van der Waals surface area contributed by atoms with Crippen molar-refractivity contribution in [3.05, 3.63) is 66.0 Å². The highest BCUT2D eigenvalue weighted by Gasteiger charge is 2.14. The van der Waals surface area contributed by atoms with Gasteiger partial charge in [0.15, 0.2) is 5.78 Å². The second-order valence-corrected chi connectivity index (χ2v) is 3.76. The molecule has 3 nitrogen and oxygen atoms in total. The molecule has 0 saturated heterocycles. The van der Waals surface area contributed by atoms with Crippen molar-refractivity contribution in [1.29, 1.82) is 0 Å². The molecule has 0 fully saturated rings. The van der Waals surface area contributed by atoms with Crippen LogP contribution in [0.25, 0.3) is 0 Å². The van der Waals surface area contributed by atoms with Crippen LogP contribution in [0.1, 0.15) is 28.6 Å². The summed E-state index contributed by atoms with van der Waals surface area (Å²) in [4.78, 5) is 15.9. The normalized spacial score (nSPS) is 12.1. The van der Waals surface area contributed by atoms with Gasteiger partial charge in [0, 0.05) is 18.2 Å². The summed E-state index contributed by atoms with van der Waals surface area (Å²) in [5, 5.41) is 9.87. The van der Waals surface area contributed by atoms with Gasteiger partial charge >= 0.3 is 0 Å². The van der Waals surface area contributed by atoms with E-state index in [1.165, 1.54) is 0 Å². The number of ketones is 1. The molecule has 1 heterocycles. The molecule has 0 spiro atoms. The second-order valence-electron chi connectivity index (χ2n) is 3.76. The van der Waals surface area contributed by atoms with Crippen LogP contribution >= 0.6 is 0 Å². The Labute approximate surface area is 99.8 Å². The van der Waals surface area contributed by atoms with Crippen LogP contribution in [0, 0.1) is 0 Å². The number of carbonyl (C=O) groups is 1. The summed E-state index contributed by atoms with van der Waals surface area (Å²) >= 11 is 0. The van der Waals surface area contributed by atoms with E-state index in [0.717, 1.165) is 0 Å². The molecular formula is C14H13NO2. The average Bonchev–Trinajstić information content (AvgIpc) is 2.40. The van der Waals surface area contributed by atoms with Crippen molar-refractivity contribution in [1.82, 2.24) is 4.98 Å². The zero-order valence-corrected chi connectivity index (χ0v) is 9.28. The van der Waals surface area contributed by atoms with Gasteiger partial charge in [-0.25, -0.2) is 0 Å². The Balaban J connectivity index is 2.05. The largest absolute Gasteiger partial charge is 0.386 e. The van der Waals surface area contributed by atoms with E-state index < -0.39 is 6.10 Å². The lowest BCUT2D eigenvalue weighted by atomic mass is 10.0. The molecule has 0 radical (unpaired) electrons. The van der Waals surface area contributed by atoms with Gasteiger partial charge in [-0.3, -0.25) is 9.78 Å². The van der Waals surface area contributed by atoms with Crippen molar-refractivity contribution < 1.29 is 9.90 Å². The fourth-order valence-corrected chi connectivity index (χ4v) is 1.60. The molecule has 0 aliphatic heterocycles. The van der Waals surface area contributed by atoms with Gasteiger partial charge in [0.2, 0.25) is 0 Å². The minimum Gasteiger partial charge on any atom is -0.386 e. The fraction of sp³-hybridized carbons (Fsp3) is 0.143. The highest BCUT2D eigenvalue weighted by molar-refractivity contribution is 5.96. The first-order valence-corrected chi connectivity index (χ1v) is 5.44. The van der Waals surface area contributed by atoms with Gasteiger partial charge in [-0.05, 0) is 12.1 Å². The molecule has 0 saturated carbocycles. The van der Waals surface area contributed by atoms with Crippen molar-refractivity contribution in [3.63, 3.8) is 0 Å². The summed E-state index contributed by atoms with van der Waals surface area (Å²) in [5.74, 6) is -0.0799. The first-order valence-electron chi connectivity index (χ1n) is 5.44. The van der Waals surface area contributed by atoms with Crippen LogP contribution in [0.5, 0.6) is 0 Å². The quantitative estimate of drug-likeness (QED) is 0.816. The second kappa shape index (κ2) is 5.37. The first-order chi connectivity index (χ1) is 8.27. The zero-order chi connectivity index (χ0) is 12.1. The van der Waals surface area contributed by atoms with E-state index >= 15 is 0 Å². The SMILES string of the molecule is O=C(C[C@H](O)c1ccccn1)c1ccccc1. The zero-order valence-electron chi connectivity index (χ0n) is 9.28. The number of aromatic nitrogens is 1. The van der Waals surface area contributed by atoms with E-state index in [2.05, 4.69) is 4.98 Å². The number of carbonyl (C=O) groups excluding carboxylic acids is 1. The molecule has 0 unspecified atom stereocenters. The first kappa shape index (κ1) is 11.5. The Bertz CT molecular complexity index is 482. The summed E-state index contributed by atoms with van der Waals surface area (Å²) in [7, 11) is 0. The number of rotatable bonds is 4. The number of hydrogen-bond donors (Lipinski definition) is 1. The predicted molar refractivity (Wildman–Crippen MR) is 64.6 cm³/mol. The molecule has 86 valence electrons. The van der Waals surface area contributed by atoms with Crippen LogP contribution in [-0.4, -0.2) is 15.9 Å². The summed E-state index contributed by atoms with van der Waals surface area (Å²) < 4.78 is 0. The Morgan fingerprint density at radius 1 is 1.12 bits per heavy atom. The molecular weight excluding hydrogens is 214 g/mol. The molecule has 1 aromatic heterocycles. The molecule has 2 aromatic rings. The highest BCUT2D eigenvalue weighted by atomic mass is 16.3. The summed E-state index contributed by atoms with van der Waals surface area (Å²) in [6.45, 7) is 0. The van der Waals surface area contributed by atoms with Crippen LogP contribution in [0.2, 0.25) is 0 Å². The average molecular weight is 227 g/mol. The van der Waals surface area contributed by atoms with Crippen LogP contribution in [-0.2, 0) is 0 Å². The number of pyridine rings is 1. The van der Waals surface area contributed by atoms with Crippen molar-refractivity contribution >= 4 is 5.78 Å². The Kier molecular flexibility index (Phi) is 3.62. The summed E-state index contributed by atoms with van der Waals surface area (Å²) in [6.07, 6.45) is 0.816. The van der Waals surface area contributed by atoms with Crippen molar-refractivity contribution in [3.8, 4) is 0 Å². The molecule has 2 rings (SSSR count). The Morgan fingerprint density at radius 3 is 2.47 bits per heavy atom. The summed E-state index contributed by atoms with van der Waals surface area (Å²) in [6, 6.07) is 14.2. The number of aliphatic hydroxyl groups is 1. The van der Waals surface area contributed by atoms with E-state index in [4.69, 9.17) is 0 Å². The van der Waals surface area contributed by atoms with Crippen molar-refractivity contribution in [2.24, 2.45) is 0 Å². The Morgan fingerprint density at radius 2 is 1.82 bits per heavy atom. The number of hydrogen-bond acceptors (Lipinski definition) is 3. The van der Waals surface area contributed by atoms with Gasteiger partial charge in [-0.2, -0.15) is 0 Å². The number of Topliss-reactive ketones (excluding diaryl/α,β-unsaturated/α-hetero) is 1. The van der Waals surface area contributed by atoms with Crippen molar-refractivity contribution in [2.75, 3.05) is 0 Å². The maximum absolute atomic E-state index is 11.8. The molecule has 1 N–H and O–H groups in total. The number of nitrogens with zero attached hydrogens (tertiary/aromatic N) is 1. The third kappa shape index (κ3) is 2.98. The lowest BCUT2D eigenvalue weighted by molar-refractivity contribution is 0.0874. The van der Waals surface area contributed by atoms with Crippen LogP contribution in [0.4, 0.5) is 0 Å². The molecule has 0 aliphatic carbocycles. The van der Waals surface area contributed by atoms with E-state index in [9.17, 15) is 9.90 Å². The van der Waals surface area contributed by atoms with E-state index in [-0.39, 0.29) is 12.2 Å². The van der Waals surface area contributed by atoms with Crippen LogP contribution in [0.3, 0.4) is 0 Å². The van der Waals surface area contributed by atoms with Crippen molar-refractivity contribution in [2.45, 2.75) is 12.5 Å². The van der Waals surface area contributed by atoms with Gasteiger partial charge in [-0.15, -0.1) is 0 Å². The molecule has 17 heavy (non-hydrogen) atoms. The van der Waals surface area contributed by atoms with Gasteiger partial charge in [0.25, 0.3) is 0 Å². The minimum atomic E-state index is -0.844. The van der Waals surface area contributed by atoms with E-state index in [0.29, 0.717) is 11.3 Å². The lowest BCUT2D eigenvalue weighted by Gasteiger charge is -2.08. The van der Waals surface area contributed by atoms with Gasteiger partial charge in [-0.1, -0.05) is 36.4 Å². The van der Waals surface area contributed by atoms with E-state index in [1.807, 2.05) is 6.07 Å². The third-order valence-corrected chi connectivity index (χ3v) is 2.50. The molecule has 3 heteroatoms. The number of aliphatic hydroxyl groups excluding tert-OH is 1. The molecule has 0 bridgehead atoms. The highest BCUT2D eigenvalue weighted by Crippen LogP contribution is 2.16. The maximum Gasteiger partial charge on any atom is 0.165 e. The monoisotopic (exact) mass is 227 g/mol. The topological polar surface area (TPSA) is 50.2 Å². The Hall–Kier alpha value is -2.00. The maximum atomic E-state index is 11.8. The summed E-state index contributed by atoms with van der Waals surface area (Å²) in [5.41, 5.74) is 1.14. The van der Waals surface area contributed by atoms with Gasteiger partial charge in [0.1, 0.15) is 6.10 Å². The smallest absolute Gasteiger partial charge is 0.165 e. The standard InChI is InChI=1S/C14H13NO2/c16-13(11-6-2-1-3-7-11)10-14(17)12-8-4-5-9-15-12/h1-9,14,17H,10H2/t14-/m0/s1. The van der Waals surface area contributed by atoms with Gasteiger partial charge < -0.3 is 5.11 Å². The number of benzene rings is 1. The molecule has 1 atom stereocenters. The van der Waals surface area contributed by atoms with Crippen LogP contribution in [0.15, 0.2) is 54.7 Å². The van der Waals surface area contributed by atoms with E-state index in [1.54, 1.807) is 48.7 Å². The van der Waals surface area contributed by atoms with Crippen LogP contribution < -0.4 is 0 Å².